The molecule has 178 valence electrons. The summed E-state index contributed by atoms with van der Waals surface area (Å²) in [5.74, 6) is 0.750. The molecule has 0 radical (unpaired) electrons. The Kier molecular flexibility index (Phi) is 5.76. The summed E-state index contributed by atoms with van der Waals surface area (Å²) in [6.45, 7) is 3.98. The average Bonchev–Trinajstić information content (AvgIpc) is 3.48. The fourth-order valence-corrected chi connectivity index (χ4v) is 4.53. The third-order valence-corrected chi connectivity index (χ3v) is 6.27. The molecule has 4 heterocycles. The number of hydrogen-bond acceptors (Lipinski definition) is 8. The molecular weight excluding hydrogens is 439 g/mol. The van der Waals surface area contributed by atoms with Crippen molar-refractivity contribution in [2.24, 2.45) is 0 Å². The number of anilines is 2. The van der Waals surface area contributed by atoms with E-state index >= 15 is 0 Å². The van der Waals surface area contributed by atoms with Crippen LogP contribution in [0.3, 0.4) is 0 Å². The Labute approximate surface area is 195 Å². The van der Waals surface area contributed by atoms with Crippen LogP contribution in [0.2, 0.25) is 0 Å². The number of nitrogens with two attached hydrogens (primary N) is 1. The van der Waals surface area contributed by atoms with Crippen LogP contribution in [-0.4, -0.2) is 55.3 Å². The highest BCUT2D eigenvalue weighted by Crippen LogP contribution is 2.31. The van der Waals surface area contributed by atoms with Crippen molar-refractivity contribution in [1.82, 2.24) is 29.4 Å². The largest absolute Gasteiger partial charge is 0.494 e. The van der Waals surface area contributed by atoms with Gasteiger partial charge in [-0.15, -0.1) is 5.10 Å². The molecule has 0 saturated carbocycles. The van der Waals surface area contributed by atoms with E-state index in [1.54, 1.807) is 6.92 Å². The molecule has 1 aliphatic heterocycles. The molecule has 3 aromatic heterocycles. The third-order valence-electron chi connectivity index (χ3n) is 6.27. The topological polar surface area (TPSA) is 116 Å². The molecule has 0 amide bonds. The minimum absolute atomic E-state index is 0.0901. The van der Waals surface area contributed by atoms with Gasteiger partial charge in [-0.2, -0.15) is 9.61 Å². The molecule has 4 aromatic rings. The zero-order valence-corrected chi connectivity index (χ0v) is 19.2. The van der Waals surface area contributed by atoms with E-state index in [0.717, 1.165) is 38.0 Å². The SMILES string of the molecule is COc1cc2nc(N)n3nc([C@@H]4CCCN(c5cnn(CCCC(C)=O)c5)C4)nc3c2cc1F. The number of nitrogen functional groups attached to an aromatic ring is 1. The second kappa shape index (κ2) is 8.88. The number of piperidine rings is 1. The van der Waals surface area contributed by atoms with Gasteiger partial charge in [0.25, 0.3) is 0 Å². The number of benzene rings is 1. The first-order valence-electron chi connectivity index (χ1n) is 11.4. The molecule has 11 heteroatoms. The number of Topliss-reactive ketones (excluding diaryl/α,β-unsaturated/α-hetero) is 1. The quantitative estimate of drug-likeness (QED) is 0.442. The van der Waals surface area contributed by atoms with E-state index in [-0.39, 0.29) is 23.4 Å². The van der Waals surface area contributed by atoms with Crippen molar-refractivity contribution in [2.75, 3.05) is 30.8 Å². The van der Waals surface area contributed by atoms with E-state index in [1.807, 2.05) is 17.1 Å². The lowest BCUT2D eigenvalue weighted by Gasteiger charge is -2.32. The van der Waals surface area contributed by atoms with Crippen LogP contribution >= 0.6 is 0 Å². The number of ketones is 1. The van der Waals surface area contributed by atoms with Crippen LogP contribution in [0.5, 0.6) is 5.75 Å². The molecule has 1 aromatic carbocycles. The highest BCUT2D eigenvalue weighted by molar-refractivity contribution is 5.93. The van der Waals surface area contributed by atoms with Gasteiger partial charge in [-0.1, -0.05) is 0 Å². The third kappa shape index (κ3) is 4.13. The number of carbonyl (C=O) groups is 1. The number of rotatable bonds is 7. The van der Waals surface area contributed by atoms with Gasteiger partial charge in [0.05, 0.1) is 24.5 Å². The van der Waals surface area contributed by atoms with Crippen LogP contribution in [-0.2, 0) is 11.3 Å². The van der Waals surface area contributed by atoms with Crippen LogP contribution in [0.4, 0.5) is 16.0 Å². The van der Waals surface area contributed by atoms with Gasteiger partial charge in [-0.05, 0) is 32.3 Å². The lowest BCUT2D eigenvalue weighted by atomic mass is 9.97. The Morgan fingerprint density at radius 3 is 2.97 bits per heavy atom. The fraction of sp³-hybridized carbons (Fsp3) is 0.435. The number of aromatic nitrogens is 6. The summed E-state index contributed by atoms with van der Waals surface area (Å²) < 4.78 is 22.8. The van der Waals surface area contributed by atoms with E-state index in [0.29, 0.717) is 35.3 Å². The van der Waals surface area contributed by atoms with Crippen LogP contribution < -0.4 is 15.4 Å². The van der Waals surface area contributed by atoms with Crippen LogP contribution in [0.25, 0.3) is 16.6 Å². The van der Waals surface area contributed by atoms with Crippen molar-refractivity contribution < 1.29 is 13.9 Å². The van der Waals surface area contributed by atoms with E-state index in [2.05, 4.69) is 20.1 Å². The average molecular weight is 467 g/mol. The van der Waals surface area contributed by atoms with Gasteiger partial charge < -0.3 is 20.2 Å². The standard InChI is InChI=1S/C23H27FN8O2/c1-14(33)5-3-8-31-13-16(11-26-31)30-7-4-6-15(12-30)21-28-22-17-9-18(24)20(34-2)10-19(17)27-23(25)32(22)29-21/h9-11,13,15H,3-8,12H2,1-2H3,(H2,25,27)/t15-/m1/s1. The second-order valence-electron chi connectivity index (χ2n) is 8.73. The van der Waals surface area contributed by atoms with Gasteiger partial charge in [-0.25, -0.2) is 14.4 Å². The summed E-state index contributed by atoms with van der Waals surface area (Å²) >= 11 is 0. The summed E-state index contributed by atoms with van der Waals surface area (Å²) in [5.41, 5.74) is 8.17. The Bertz CT molecular complexity index is 1360. The molecule has 5 rings (SSSR count). The molecule has 0 unspecified atom stereocenters. The number of nitrogens with zero attached hydrogens (tertiary/aromatic N) is 7. The molecule has 0 spiro atoms. The number of fused-ring (bicyclic) bond motifs is 3. The maximum atomic E-state index is 14.4. The van der Waals surface area contributed by atoms with E-state index in [9.17, 15) is 9.18 Å². The molecule has 2 N–H and O–H groups in total. The van der Waals surface area contributed by atoms with Crippen molar-refractivity contribution in [2.45, 2.75) is 45.1 Å². The number of carbonyl (C=O) groups excluding carboxylic acids is 1. The van der Waals surface area contributed by atoms with Crippen molar-refractivity contribution >= 4 is 34.0 Å². The minimum Gasteiger partial charge on any atom is -0.494 e. The van der Waals surface area contributed by atoms with Crippen LogP contribution in [0, 0.1) is 5.82 Å². The first-order chi connectivity index (χ1) is 16.4. The van der Waals surface area contributed by atoms with Crippen molar-refractivity contribution in [3.05, 3.63) is 36.2 Å². The maximum Gasteiger partial charge on any atom is 0.223 e. The van der Waals surface area contributed by atoms with Crippen LogP contribution in [0.1, 0.15) is 44.3 Å². The van der Waals surface area contributed by atoms with Crippen LogP contribution in [0.15, 0.2) is 24.5 Å². The van der Waals surface area contributed by atoms with Crippen molar-refractivity contribution in [3.8, 4) is 5.75 Å². The zero-order valence-electron chi connectivity index (χ0n) is 19.2. The number of methoxy groups -OCH3 is 1. The smallest absolute Gasteiger partial charge is 0.223 e. The summed E-state index contributed by atoms with van der Waals surface area (Å²) in [6, 6.07) is 2.88. The van der Waals surface area contributed by atoms with E-state index in [4.69, 9.17) is 15.5 Å². The maximum absolute atomic E-state index is 14.4. The number of hydrogen-bond donors (Lipinski definition) is 1. The predicted molar refractivity (Wildman–Crippen MR) is 126 cm³/mol. The summed E-state index contributed by atoms with van der Waals surface area (Å²) in [7, 11) is 1.41. The number of aryl methyl sites for hydroxylation is 1. The molecular formula is C23H27FN8O2. The van der Waals surface area contributed by atoms with E-state index < -0.39 is 5.82 Å². The first-order valence-corrected chi connectivity index (χ1v) is 11.4. The molecule has 1 fully saturated rings. The lowest BCUT2D eigenvalue weighted by molar-refractivity contribution is -0.117. The van der Waals surface area contributed by atoms with Gasteiger partial charge in [0, 0.05) is 49.6 Å². The van der Waals surface area contributed by atoms with Crippen molar-refractivity contribution in [3.63, 3.8) is 0 Å². The number of halogens is 1. The molecule has 1 atom stereocenters. The summed E-state index contributed by atoms with van der Waals surface area (Å²) in [5, 5.41) is 9.61. The van der Waals surface area contributed by atoms with Gasteiger partial charge in [0.2, 0.25) is 5.95 Å². The van der Waals surface area contributed by atoms with Gasteiger partial charge in [0.1, 0.15) is 5.78 Å². The lowest BCUT2D eigenvalue weighted by Crippen LogP contribution is -2.34. The summed E-state index contributed by atoms with van der Waals surface area (Å²) in [6.07, 6.45) is 7.14. The van der Waals surface area contributed by atoms with Crippen molar-refractivity contribution in [1.29, 1.82) is 0 Å². The second-order valence-corrected chi connectivity index (χ2v) is 8.73. The van der Waals surface area contributed by atoms with Gasteiger partial charge >= 0.3 is 0 Å². The Morgan fingerprint density at radius 1 is 1.32 bits per heavy atom. The van der Waals surface area contributed by atoms with Gasteiger partial charge in [0.15, 0.2) is 23.0 Å². The van der Waals surface area contributed by atoms with Gasteiger partial charge in [-0.3, -0.25) is 4.68 Å². The highest BCUT2D eigenvalue weighted by Gasteiger charge is 2.27. The normalized spacial score (nSPS) is 16.4. The molecule has 0 aliphatic carbocycles. The molecule has 34 heavy (non-hydrogen) atoms. The molecule has 10 nitrogen and oxygen atoms in total. The number of ether oxygens (including phenoxy) is 1. The monoisotopic (exact) mass is 466 g/mol. The molecule has 1 saturated heterocycles. The predicted octanol–water partition coefficient (Wildman–Crippen LogP) is 2.96. The Hall–Kier alpha value is -3.76. The summed E-state index contributed by atoms with van der Waals surface area (Å²) in [4.78, 5) is 22.6. The minimum atomic E-state index is -0.489. The fourth-order valence-electron chi connectivity index (χ4n) is 4.53. The Balaban J connectivity index is 1.40. The first kappa shape index (κ1) is 22.1. The Morgan fingerprint density at radius 2 is 2.18 bits per heavy atom. The molecule has 0 bridgehead atoms. The molecule has 1 aliphatic rings. The van der Waals surface area contributed by atoms with E-state index in [1.165, 1.54) is 23.8 Å². The highest BCUT2D eigenvalue weighted by atomic mass is 19.1. The zero-order chi connectivity index (χ0) is 23.8.